The van der Waals surface area contributed by atoms with Gasteiger partial charge in [0.15, 0.2) is 0 Å². The summed E-state index contributed by atoms with van der Waals surface area (Å²) in [6.07, 6.45) is 0. The van der Waals surface area contributed by atoms with Crippen LogP contribution in [0.4, 0.5) is 0 Å². The molecule has 0 bridgehead atoms. The zero-order valence-corrected chi connectivity index (χ0v) is 76.7. The minimum atomic E-state index is 0.661. The summed E-state index contributed by atoms with van der Waals surface area (Å²) in [4.78, 5) is 10.4. The number of fused-ring (bicyclic) bond motifs is 28. The Morgan fingerprint density at radius 3 is 0.852 bits per heavy atom. The first-order chi connectivity index (χ1) is 70.4. The molecule has 31 aromatic rings. The Morgan fingerprint density at radius 2 is 0.451 bits per heavy atom. The van der Waals surface area contributed by atoms with Gasteiger partial charge in [0.2, 0.25) is 5.95 Å². The lowest BCUT2D eigenvalue weighted by Crippen LogP contribution is -2.03. The summed E-state index contributed by atoms with van der Waals surface area (Å²) in [5.74, 6) is 0.661. The maximum absolute atomic E-state index is 6.31. The van der Waals surface area contributed by atoms with Crippen LogP contribution in [0.25, 0.3) is 291 Å². The van der Waals surface area contributed by atoms with Gasteiger partial charge in [-0.05, 0) is 284 Å². The first-order valence-electron chi connectivity index (χ1n) is 48.4. The normalized spacial score (nSPS) is 11.9. The second kappa shape index (κ2) is 32.3. The van der Waals surface area contributed by atoms with Gasteiger partial charge in [-0.1, -0.05) is 328 Å². The molecule has 0 N–H and O–H groups in total. The molecular formula is C134H81N5O3. The molecule has 0 saturated carbocycles. The molecule has 24 aromatic carbocycles. The SMILES string of the molecule is c1ccc(-c2cc(-c3ccccc3)cc(-n3c4ccccc4c4cc(-c5cc6cc7c(cc6c6ccccc56)oc5ccccc57)ccc43)c2)cc1.c1ccc(-c2nc(-n3c4ccccc4c4cc(-c5cc6cc7c(cc6c6ccccc56)oc5ccccc57)ccc43)nc3ccccc23)cc1.c1ccc(-n2c3ccccc3c3cc(-c4cc5cc6c(cc5c5ccccc45)oc4ccccc46)ccc32)cc1. The van der Waals surface area contributed by atoms with Crippen LogP contribution in [0.3, 0.4) is 0 Å². The molecule has 0 aliphatic carbocycles. The fourth-order valence-corrected chi connectivity index (χ4v) is 22.8. The zero-order chi connectivity index (χ0) is 93.1. The molecule has 0 aliphatic rings. The first kappa shape index (κ1) is 80.3. The largest absolute Gasteiger partial charge is 0.456 e. The van der Waals surface area contributed by atoms with Crippen LogP contribution in [0.15, 0.2) is 505 Å². The maximum atomic E-state index is 6.31. The van der Waals surface area contributed by atoms with E-state index in [2.05, 4.69) is 463 Å². The Hall–Kier alpha value is -19.0. The summed E-state index contributed by atoms with van der Waals surface area (Å²) in [5, 5.41) is 29.9. The molecule has 0 unspecified atom stereocenters. The summed E-state index contributed by atoms with van der Waals surface area (Å²) in [6, 6.07) is 176. The highest BCUT2D eigenvalue weighted by molar-refractivity contribution is 6.25. The third-order valence-electron chi connectivity index (χ3n) is 29.3. The Morgan fingerprint density at radius 1 is 0.148 bits per heavy atom. The Bertz CT molecular complexity index is 10600. The van der Waals surface area contributed by atoms with Crippen LogP contribution in [0.2, 0.25) is 0 Å². The van der Waals surface area contributed by atoms with E-state index >= 15 is 0 Å². The van der Waals surface area contributed by atoms with E-state index in [1.165, 1.54) is 175 Å². The van der Waals surface area contributed by atoms with Crippen molar-refractivity contribution in [2.75, 3.05) is 0 Å². The number of para-hydroxylation sites is 8. The van der Waals surface area contributed by atoms with Gasteiger partial charge in [0.1, 0.15) is 33.5 Å². The van der Waals surface area contributed by atoms with Gasteiger partial charge in [0.25, 0.3) is 0 Å². The Labute approximate surface area is 813 Å². The van der Waals surface area contributed by atoms with Gasteiger partial charge in [-0.25, -0.2) is 9.97 Å². The van der Waals surface area contributed by atoms with Crippen LogP contribution in [0, 0.1) is 0 Å². The minimum absolute atomic E-state index is 0.661. The van der Waals surface area contributed by atoms with Crippen LogP contribution in [0.5, 0.6) is 0 Å². The highest BCUT2D eigenvalue weighted by Gasteiger charge is 2.25. The van der Waals surface area contributed by atoms with Gasteiger partial charge < -0.3 is 22.4 Å². The number of aromatic nitrogens is 5. The zero-order valence-electron chi connectivity index (χ0n) is 76.7. The molecule has 0 fully saturated rings. The first-order valence-corrected chi connectivity index (χ1v) is 48.4. The molecule has 142 heavy (non-hydrogen) atoms. The van der Waals surface area contributed by atoms with Gasteiger partial charge in [0, 0.05) is 87.0 Å². The smallest absolute Gasteiger partial charge is 0.235 e. The lowest BCUT2D eigenvalue weighted by molar-refractivity contribution is 0.669. The highest BCUT2D eigenvalue weighted by atomic mass is 16.3. The maximum Gasteiger partial charge on any atom is 0.235 e. The van der Waals surface area contributed by atoms with E-state index in [0.29, 0.717) is 5.95 Å². The van der Waals surface area contributed by atoms with Crippen molar-refractivity contribution in [2.24, 2.45) is 0 Å². The number of hydrogen-bond donors (Lipinski definition) is 0. The van der Waals surface area contributed by atoms with Crippen LogP contribution in [0.1, 0.15) is 0 Å². The second-order valence-electron chi connectivity index (χ2n) is 37.3. The molecule has 31 rings (SSSR count). The fraction of sp³-hybridized carbons (Fsp3) is 0. The monoisotopic (exact) mass is 1810 g/mol. The van der Waals surface area contributed by atoms with Crippen LogP contribution in [-0.2, 0) is 0 Å². The summed E-state index contributed by atoms with van der Waals surface area (Å²) in [5.41, 5.74) is 29.8. The van der Waals surface area contributed by atoms with Crippen molar-refractivity contribution in [1.29, 1.82) is 0 Å². The molecule has 7 aromatic heterocycles. The van der Waals surface area contributed by atoms with E-state index in [9.17, 15) is 0 Å². The lowest BCUT2D eigenvalue weighted by atomic mass is 9.92. The van der Waals surface area contributed by atoms with Crippen molar-refractivity contribution in [3.63, 3.8) is 0 Å². The van der Waals surface area contributed by atoms with Gasteiger partial charge in [-0.3, -0.25) is 4.57 Å². The third kappa shape index (κ3) is 13.0. The van der Waals surface area contributed by atoms with Gasteiger partial charge in [-0.2, -0.15) is 0 Å². The molecule has 8 nitrogen and oxygen atoms in total. The number of hydrogen-bond acceptors (Lipinski definition) is 5. The Kier molecular flexibility index (Phi) is 18.3. The van der Waals surface area contributed by atoms with Crippen molar-refractivity contribution in [3.05, 3.63) is 491 Å². The molecular weight excluding hydrogens is 1730 g/mol. The van der Waals surface area contributed by atoms with Crippen LogP contribution in [-0.4, -0.2) is 23.7 Å². The van der Waals surface area contributed by atoms with Crippen molar-refractivity contribution < 1.29 is 13.3 Å². The molecule has 0 atom stereocenters. The fourth-order valence-electron chi connectivity index (χ4n) is 22.8. The number of benzene rings is 24. The summed E-state index contributed by atoms with van der Waals surface area (Å²) in [6.45, 7) is 0. The average molecular weight is 1810 g/mol. The quantitative estimate of drug-likeness (QED) is 0.135. The summed E-state index contributed by atoms with van der Waals surface area (Å²) < 4.78 is 25.9. The van der Waals surface area contributed by atoms with Gasteiger partial charge in [-0.15, -0.1) is 0 Å². The molecule has 0 amide bonds. The summed E-state index contributed by atoms with van der Waals surface area (Å²) in [7, 11) is 0. The predicted molar refractivity (Wildman–Crippen MR) is 595 cm³/mol. The minimum Gasteiger partial charge on any atom is -0.456 e. The van der Waals surface area contributed by atoms with E-state index in [1.807, 2.05) is 42.5 Å². The van der Waals surface area contributed by atoms with Crippen molar-refractivity contribution in [1.82, 2.24) is 23.7 Å². The third-order valence-corrected chi connectivity index (χ3v) is 29.3. The highest BCUT2D eigenvalue weighted by Crippen LogP contribution is 2.49. The number of rotatable bonds is 9. The van der Waals surface area contributed by atoms with Crippen molar-refractivity contribution >= 4 is 207 Å². The van der Waals surface area contributed by atoms with Gasteiger partial charge in [0.05, 0.1) is 44.3 Å². The molecule has 0 aliphatic heterocycles. The second-order valence-corrected chi connectivity index (χ2v) is 37.3. The van der Waals surface area contributed by atoms with E-state index in [-0.39, 0.29) is 0 Å². The van der Waals surface area contributed by atoms with Gasteiger partial charge >= 0.3 is 0 Å². The van der Waals surface area contributed by atoms with Crippen molar-refractivity contribution in [2.45, 2.75) is 0 Å². The molecule has 0 radical (unpaired) electrons. The molecule has 7 heterocycles. The van der Waals surface area contributed by atoms with E-state index in [4.69, 9.17) is 23.2 Å². The van der Waals surface area contributed by atoms with Crippen molar-refractivity contribution in [3.8, 4) is 84.2 Å². The summed E-state index contributed by atoms with van der Waals surface area (Å²) >= 11 is 0. The van der Waals surface area contributed by atoms with Crippen LogP contribution < -0.4 is 0 Å². The van der Waals surface area contributed by atoms with E-state index < -0.39 is 0 Å². The average Bonchev–Trinajstić information content (AvgIpc) is 1.55. The van der Waals surface area contributed by atoms with E-state index in [0.717, 1.165) is 110 Å². The molecule has 0 spiro atoms. The Balaban J connectivity index is 0.000000103. The predicted octanol–water partition coefficient (Wildman–Crippen LogP) is 36.9. The topological polar surface area (TPSA) is 80.0 Å². The number of furan rings is 3. The lowest BCUT2D eigenvalue weighted by Gasteiger charge is -2.14. The van der Waals surface area contributed by atoms with Crippen LogP contribution >= 0.6 is 0 Å². The molecule has 8 heteroatoms. The number of nitrogens with zero attached hydrogens (tertiary/aromatic N) is 5. The van der Waals surface area contributed by atoms with E-state index in [1.54, 1.807) is 0 Å². The molecule has 0 saturated heterocycles. The molecule has 660 valence electrons. The standard InChI is InChI=1S/C50H31NO.C46H27N3O.C38H23NO/c1-3-13-32(14-4-1)35-25-36(33-15-5-2-6-16-33)27-38(26-35)51-47-21-11-9-19-41(47)45-28-34(23-24-48(45)51)43-29-37-30-46-42-20-10-12-22-49(42)52-50(46)31-44(37)40-18-8-7-17-39(40)43;1-2-12-28(13-3-1)45-35-18-6-9-19-40(35)47-46(48-45)49-41-20-10-7-16-33(41)38-24-29(22-23-42(38)49)36-25-30-26-39-34-17-8-11-21-43(34)50-44(39)27-37(30)32-15-5-4-14-31(32)36;1-2-10-26(11-3-1)39-35-16-8-6-14-29(35)33-20-24(18-19-36(33)39)31-21-25-22-34-30-15-7-9-17-37(30)40-38(34)23-32(25)28-13-5-4-12-27(28)31/h1-31H;1-27H;1-23H.